The number of thiazole rings is 1. The van der Waals surface area contributed by atoms with Crippen LogP contribution in [0.1, 0.15) is 36.8 Å². The van der Waals surface area contributed by atoms with Crippen LogP contribution in [0, 0.1) is 0 Å². The van der Waals surface area contributed by atoms with Crippen molar-refractivity contribution in [2.75, 3.05) is 11.4 Å². The van der Waals surface area contributed by atoms with Gasteiger partial charge in [-0.25, -0.2) is 4.98 Å². The van der Waals surface area contributed by atoms with E-state index in [0.717, 1.165) is 25.0 Å². The Kier molecular flexibility index (Phi) is 4.35. The standard InChI is InChI=1S/C12H17F3N2OS/c1-2-3-9-10(6-18)19-11(16-9)17(8-4-5-8)7-12(13,14)15/h8,18H,2-7H2,1H3. The van der Waals surface area contributed by atoms with Crippen LogP contribution in [0.3, 0.4) is 0 Å². The van der Waals surface area contributed by atoms with E-state index >= 15 is 0 Å². The van der Waals surface area contributed by atoms with Crippen molar-refractivity contribution in [1.29, 1.82) is 0 Å². The quantitative estimate of drug-likeness (QED) is 0.875. The molecule has 1 N–H and O–H groups in total. The van der Waals surface area contributed by atoms with Gasteiger partial charge in [-0.15, -0.1) is 0 Å². The molecule has 3 nitrogen and oxygen atoms in total. The van der Waals surface area contributed by atoms with E-state index < -0.39 is 12.7 Å². The molecule has 0 aliphatic heterocycles. The first-order chi connectivity index (χ1) is 8.94. The van der Waals surface area contributed by atoms with Gasteiger partial charge in [-0.05, 0) is 19.3 Å². The van der Waals surface area contributed by atoms with Gasteiger partial charge in [-0.3, -0.25) is 0 Å². The second-order valence-electron chi connectivity index (χ2n) is 4.75. The molecule has 0 spiro atoms. The van der Waals surface area contributed by atoms with Gasteiger partial charge in [0.05, 0.1) is 17.2 Å². The van der Waals surface area contributed by atoms with Crippen LogP contribution in [0.25, 0.3) is 0 Å². The molecule has 0 radical (unpaired) electrons. The van der Waals surface area contributed by atoms with Crippen LogP contribution in [0.5, 0.6) is 0 Å². The average Bonchev–Trinajstić information content (AvgIpc) is 3.07. The van der Waals surface area contributed by atoms with Gasteiger partial charge in [0.1, 0.15) is 6.54 Å². The molecule has 0 bridgehead atoms. The lowest BCUT2D eigenvalue weighted by Gasteiger charge is -2.22. The Morgan fingerprint density at radius 3 is 2.58 bits per heavy atom. The number of aliphatic hydroxyl groups excluding tert-OH is 1. The fraction of sp³-hybridized carbons (Fsp3) is 0.750. The molecule has 2 rings (SSSR count). The molecule has 0 atom stereocenters. The third kappa shape index (κ3) is 3.82. The van der Waals surface area contributed by atoms with Gasteiger partial charge in [0.15, 0.2) is 5.13 Å². The van der Waals surface area contributed by atoms with Crippen molar-refractivity contribution >= 4 is 16.5 Å². The average molecular weight is 294 g/mol. The van der Waals surface area contributed by atoms with Crippen molar-refractivity contribution in [3.05, 3.63) is 10.6 Å². The van der Waals surface area contributed by atoms with E-state index in [-0.39, 0.29) is 12.6 Å². The Balaban J connectivity index is 2.21. The smallest absolute Gasteiger partial charge is 0.391 e. The van der Waals surface area contributed by atoms with Crippen LogP contribution >= 0.6 is 11.3 Å². The predicted octanol–water partition coefficient (Wildman–Crippen LogP) is 3.12. The van der Waals surface area contributed by atoms with E-state index in [4.69, 9.17) is 0 Å². The SMILES string of the molecule is CCCc1nc(N(CC(F)(F)F)C2CC2)sc1CO. The topological polar surface area (TPSA) is 36.4 Å². The molecule has 1 heterocycles. The molecule has 1 fully saturated rings. The number of aromatic nitrogens is 1. The number of rotatable bonds is 6. The highest BCUT2D eigenvalue weighted by molar-refractivity contribution is 7.15. The summed E-state index contributed by atoms with van der Waals surface area (Å²) in [5.41, 5.74) is 0.734. The van der Waals surface area contributed by atoms with E-state index in [1.807, 2.05) is 6.92 Å². The minimum atomic E-state index is -4.22. The minimum absolute atomic E-state index is 0.0474. The zero-order valence-electron chi connectivity index (χ0n) is 10.7. The van der Waals surface area contributed by atoms with Gasteiger partial charge in [0.25, 0.3) is 0 Å². The fourth-order valence-corrected chi connectivity index (χ4v) is 3.02. The second kappa shape index (κ2) is 5.66. The third-order valence-corrected chi connectivity index (χ3v) is 4.10. The molecule has 0 aromatic carbocycles. The largest absolute Gasteiger partial charge is 0.406 e. The molecule has 0 amide bonds. The first-order valence-corrected chi connectivity index (χ1v) is 7.19. The highest BCUT2D eigenvalue weighted by Gasteiger charge is 2.39. The maximum atomic E-state index is 12.6. The summed E-state index contributed by atoms with van der Waals surface area (Å²) in [6.45, 7) is 0.869. The number of aliphatic hydroxyl groups is 1. The van der Waals surface area contributed by atoms with E-state index in [1.165, 1.54) is 16.2 Å². The van der Waals surface area contributed by atoms with Gasteiger partial charge in [-0.2, -0.15) is 13.2 Å². The molecular weight excluding hydrogens is 277 g/mol. The summed E-state index contributed by atoms with van der Waals surface area (Å²) in [7, 11) is 0. The Hall–Kier alpha value is -0.820. The number of hydrogen-bond acceptors (Lipinski definition) is 4. The van der Waals surface area contributed by atoms with Crippen LogP contribution in [0.4, 0.5) is 18.3 Å². The molecule has 19 heavy (non-hydrogen) atoms. The molecular formula is C12H17F3N2OS. The number of nitrogens with zero attached hydrogens (tertiary/aromatic N) is 2. The molecule has 1 aliphatic rings. The van der Waals surface area contributed by atoms with Gasteiger partial charge in [-0.1, -0.05) is 24.7 Å². The van der Waals surface area contributed by atoms with Crippen molar-refractivity contribution < 1.29 is 18.3 Å². The molecule has 1 saturated carbocycles. The van der Waals surface area contributed by atoms with Crippen LogP contribution in [0.15, 0.2) is 0 Å². The third-order valence-electron chi connectivity index (χ3n) is 2.98. The summed E-state index contributed by atoms with van der Waals surface area (Å²) in [6.07, 6.45) is -1.10. The second-order valence-corrected chi connectivity index (χ2v) is 5.81. The zero-order valence-corrected chi connectivity index (χ0v) is 11.5. The zero-order chi connectivity index (χ0) is 14.0. The number of hydrogen-bond donors (Lipinski definition) is 1. The lowest BCUT2D eigenvalue weighted by molar-refractivity contribution is -0.120. The monoisotopic (exact) mass is 294 g/mol. The van der Waals surface area contributed by atoms with Crippen LogP contribution < -0.4 is 4.90 Å². The minimum Gasteiger partial charge on any atom is -0.391 e. The normalized spacial score (nSPS) is 15.8. The number of anilines is 1. The Labute approximate surface area is 114 Å². The summed E-state index contributed by atoms with van der Waals surface area (Å²) in [5, 5.41) is 9.65. The summed E-state index contributed by atoms with van der Waals surface area (Å²) in [6, 6.07) is -0.0474. The molecule has 1 aromatic heterocycles. The van der Waals surface area contributed by atoms with Crippen LogP contribution in [0.2, 0.25) is 0 Å². The van der Waals surface area contributed by atoms with Gasteiger partial charge in [0, 0.05) is 6.04 Å². The molecule has 1 aromatic rings. The number of alkyl halides is 3. The summed E-state index contributed by atoms with van der Waals surface area (Å²) in [5.74, 6) is 0. The molecule has 108 valence electrons. The van der Waals surface area contributed by atoms with Gasteiger partial charge < -0.3 is 10.0 Å². The van der Waals surface area contributed by atoms with Crippen LogP contribution in [-0.4, -0.2) is 28.9 Å². The molecule has 7 heteroatoms. The van der Waals surface area contributed by atoms with Crippen LogP contribution in [-0.2, 0) is 13.0 Å². The predicted molar refractivity (Wildman–Crippen MR) is 68.5 cm³/mol. The van der Waals surface area contributed by atoms with Crippen molar-refractivity contribution in [1.82, 2.24) is 4.98 Å². The lowest BCUT2D eigenvalue weighted by atomic mass is 10.2. The Morgan fingerprint density at radius 2 is 2.11 bits per heavy atom. The van der Waals surface area contributed by atoms with Gasteiger partial charge >= 0.3 is 6.18 Å². The maximum absolute atomic E-state index is 12.6. The van der Waals surface area contributed by atoms with Gasteiger partial charge in [0.2, 0.25) is 0 Å². The summed E-state index contributed by atoms with van der Waals surface area (Å²) < 4.78 is 37.8. The highest BCUT2D eigenvalue weighted by atomic mass is 32.1. The highest BCUT2D eigenvalue weighted by Crippen LogP contribution is 2.37. The number of aryl methyl sites for hydroxylation is 1. The van der Waals surface area contributed by atoms with Crippen molar-refractivity contribution in [3.63, 3.8) is 0 Å². The Morgan fingerprint density at radius 1 is 1.42 bits per heavy atom. The van der Waals surface area contributed by atoms with Crippen molar-refractivity contribution in [2.45, 2.75) is 51.4 Å². The van der Waals surface area contributed by atoms with E-state index in [2.05, 4.69) is 4.98 Å². The van der Waals surface area contributed by atoms with Crippen molar-refractivity contribution in [3.8, 4) is 0 Å². The lowest BCUT2D eigenvalue weighted by Crippen LogP contribution is -2.35. The first-order valence-electron chi connectivity index (χ1n) is 6.37. The number of halogens is 3. The molecule has 0 saturated heterocycles. The fourth-order valence-electron chi connectivity index (χ4n) is 1.98. The first kappa shape index (κ1) is 14.6. The summed E-state index contributed by atoms with van der Waals surface area (Å²) in [4.78, 5) is 6.32. The van der Waals surface area contributed by atoms with Crippen molar-refractivity contribution in [2.24, 2.45) is 0 Å². The molecule has 1 aliphatic carbocycles. The van der Waals surface area contributed by atoms with E-state index in [0.29, 0.717) is 16.4 Å². The maximum Gasteiger partial charge on any atom is 0.406 e. The molecule has 0 unspecified atom stereocenters. The Bertz CT molecular complexity index is 429. The van der Waals surface area contributed by atoms with E-state index in [9.17, 15) is 18.3 Å². The summed E-state index contributed by atoms with van der Waals surface area (Å²) >= 11 is 1.18. The van der Waals surface area contributed by atoms with E-state index in [1.54, 1.807) is 0 Å².